The predicted octanol–water partition coefficient (Wildman–Crippen LogP) is 3.15. The largest absolute Gasteiger partial charge is 0.461 e. The Morgan fingerprint density at radius 1 is 1.53 bits per heavy atom. The minimum Gasteiger partial charge on any atom is -0.461 e. The van der Waals surface area contributed by atoms with E-state index in [0.29, 0.717) is 5.69 Å². The third-order valence-corrected chi connectivity index (χ3v) is 2.90. The van der Waals surface area contributed by atoms with Gasteiger partial charge < -0.3 is 4.74 Å². The van der Waals surface area contributed by atoms with E-state index in [1.807, 2.05) is 0 Å². The Bertz CT molecular complexity index is 625. The van der Waals surface area contributed by atoms with Crippen LogP contribution in [-0.4, -0.2) is 22.1 Å². The second-order valence-corrected chi connectivity index (χ2v) is 4.25. The highest BCUT2D eigenvalue weighted by Crippen LogP contribution is 2.23. The van der Waals surface area contributed by atoms with Gasteiger partial charge in [0.25, 0.3) is 0 Å². The molecule has 0 amide bonds. The first-order chi connectivity index (χ1) is 9.06. The Morgan fingerprint density at radius 3 is 2.95 bits per heavy atom. The molecule has 0 fully saturated rings. The molecule has 100 valence electrons. The van der Waals surface area contributed by atoms with E-state index in [1.54, 1.807) is 19.9 Å². The molecule has 6 heteroatoms. The highest BCUT2D eigenvalue weighted by molar-refractivity contribution is 6.30. The van der Waals surface area contributed by atoms with Gasteiger partial charge in [0.1, 0.15) is 6.33 Å². The summed E-state index contributed by atoms with van der Waals surface area (Å²) in [7, 11) is 0. The van der Waals surface area contributed by atoms with Crippen molar-refractivity contribution < 1.29 is 13.9 Å². The number of aryl methyl sites for hydroxylation is 1. The summed E-state index contributed by atoms with van der Waals surface area (Å²) in [5.41, 5.74) is 0.831. The van der Waals surface area contributed by atoms with Crippen molar-refractivity contribution in [3.05, 3.63) is 46.8 Å². The highest BCUT2D eigenvalue weighted by Gasteiger charge is 2.20. The van der Waals surface area contributed by atoms with Gasteiger partial charge in [0, 0.05) is 0 Å². The Morgan fingerprint density at radius 2 is 2.26 bits per heavy atom. The van der Waals surface area contributed by atoms with Gasteiger partial charge in [-0.1, -0.05) is 17.7 Å². The normalized spacial score (nSPS) is 10.5. The summed E-state index contributed by atoms with van der Waals surface area (Å²) in [4.78, 5) is 15.9. The predicted molar refractivity (Wildman–Crippen MR) is 69.2 cm³/mol. The van der Waals surface area contributed by atoms with E-state index in [2.05, 4.69) is 4.98 Å². The quantitative estimate of drug-likeness (QED) is 0.812. The van der Waals surface area contributed by atoms with Crippen molar-refractivity contribution in [2.24, 2.45) is 0 Å². The van der Waals surface area contributed by atoms with Crippen molar-refractivity contribution in [1.29, 1.82) is 0 Å². The van der Waals surface area contributed by atoms with Crippen LogP contribution in [0.5, 0.6) is 0 Å². The number of imidazole rings is 1. The van der Waals surface area contributed by atoms with Gasteiger partial charge in [0.15, 0.2) is 11.5 Å². The average molecular weight is 283 g/mol. The van der Waals surface area contributed by atoms with Gasteiger partial charge in [-0.2, -0.15) is 0 Å². The fraction of sp³-hybridized carbons (Fsp3) is 0.231. The van der Waals surface area contributed by atoms with Crippen molar-refractivity contribution in [2.75, 3.05) is 6.61 Å². The van der Waals surface area contributed by atoms with E-state index < -0.39 is 11.8 Å². The summed E-state index contributed by atoms with van der Waals surface area (Å²) in [6, 6.07) is 4.56. The number of carbonyl (C=O) groups excluding carboxylic acids is 1. The fourth-order valence-corrected chi connectivity index (χ4v) is 1.91. The summed E-state index contributed by atoms with van der Waals surface area (Å²) < 4.78 is 20.3. The van der Waals surface area contributed by atoms with Crippen LogP contribution >= 0.6 is 11.6 Å². The number of hydrogen-bond acceptors (Lipinski definition) is 3. The number of benzene rings is 1. The zero-order valence-corrected chi connectivity index (χ0v) is 11.2. The van der Waals surface area contributed by atoms with Crippen LogP contribution in [0.25, 0.3) is 5.69 Å². The molecular formula is C13H12ClFN2O2. The first kappa shape index (κ1) is 13.5. The monoisotopic (exact) mass is 282 g/mol. The smallest absolute Gasteiger partial charge is 0.357 e. The van der Waals surface area contributed by atoms with Gasteiger partial charge in [-0.3, -0.25) is 4.57 Å². The molecule has 0 aliphatic heterocycles. The number of nitrogens with zero attached hydrogens (tertiary/aromatic N) is 2. The van der Waals surface area contributed by atoms with Crippen molar-refractivity contribution in [3.63, 3.8) is 0 Å². The van der Waals surface area contributed by atoms with E-state index >= 15 is 0 Å². The summed E-state index contributed by atoms with van der Waals surface area (Å²) in [5, 5.41) is -0.0151. The maximum atomic E-state index is 14.0. The van der Waals surface area contributed by atoms with Gasteiger partial charge in [0.2, 0.25) is 0 Å². The highest BCUT2D eigenvalue weighted by atomic mass is 35.5. The van der Waals surface area contributed by atoms with Crippen LogP contribution in [0, 0.1) is 12.7 Å². The second-order valence-electron chi connectivity index (χ2n) is 3.84. The topological polar surface area (TPSA) is 44.1 Å². The molecule has 0 unspecified atom stereocenters. The van der Waals surface area contributed by atoms with Gasteiger partial charge in [-0.15, -0.1) is 0 Å². The number of carbonyl (C=O) groups is 1. The molecule has 1 aromatic carbocycles. The van der Waals surface area contributed by atoms with Gasteiger partial charge in [-0.25, -0.2) is 14.2 Å². The molecule has 19 heavy (non-hydrogen) atoms. The number of hydrogen-bond donors (Lipinski definition) is 0. The van der Waals surface area contributed by atoms with Crippen LogP contribution in [0.3, 0.4) is 0 Å². The van der Waals surface area contributed by atoms with E-state index in [0.717, 1.165) is 0 Å². The lowest BCUT2D eigenvalue weighted by molar-refractivity contribution is 0.0516. The lowest BCUT2D eigenvalue weighted by Gasteiger charge is -2.09. The fourth-order valence-electron chi connectivity index (χ4n) is 1.74. The molecule has 0 aliphatic rings. The minimum atomic E-state index is -0.605. The number of esters is 1. The Hall–Kier alpha value is -1.88. The number of ether oxygens (including phenoxy) is 1. The lowest BCUT2D eigenvalue weighted by atomic mass is 10.2. The van der Waals surface area contributed by atoms with E-state index in [4.69, 9.17) is 16.3 Å². The summed E-state index contributed by atoms with van der Waals surface area (Å²) in [6.45, 7) is 3.60. The lowest BCUT2D eigenvalue weighted by Crippen LogP contribution is -2.13. The molecule has 0 saturated heterocycles. The molecule has 2 rings (SSSR count). The van der Waals surface area contributed by atoms with Crippen LogP contribution in [0.4, 0.5) is 4.39 Å². The molecule has 2 aromatic rings. The second kappa shape index (κ2) is 5.40. The zero-order chi connectivity index (χ0) is 14.0. The van der Waals surface area contributed by atoms with Gasteiger partial charge in [-0.05, 0) is 26.0 Å². The summed E-state index contributed by atoms with van der Waals surface area (Å²) >= 11 is 5.74. The number of rotatable bonds is 3. The van der Waals surface area contributed by atoms with Crippen LogP contribution in [0.15, 0.2) is 24.5 Å². The van der Waals surface area contributed by atoms with Crippen molar-refractivity contribution in [2.45, 2.75) is 13.8 Å². The molecule has 0 spiro atoms. The summed E-state index contributed by atoms with van der Waals surface area (Å²) in [5.74, 6) is -1.15. The molecule has 0 N–H and O–H groups in total. The van der Waals surface area contributed by atoms with Crippen LogP contribution in [0.2, 0.25) is 5.02 Å². The first-order valence-corrected chi connectivity index (χ1v) is 6.09. The van der Waals surface area contributed by atoms with Crippen molar-refractivity contribution in [1.82, 2.24) is 9.55 Å². The van der Waals surface area contributed by atoms with E-state index in [-0.39, 0.29) is 23.0 Å². The molecule has 0 atom stereocenters. The van der Waals surface area contributed by atoms with Crippen LogP contribution in [-0.2, 0) is 4.74 Å². The zero-order valence-electron chi connectivity index (χ0n) is 10.5. The summed E-state index contributed by atoms with van der Waals surface area (Å²) in [6.07, 6.45) is 1.37. The van der Waals surface area contributed by atoms with Crippen molar-refractivity contribution >= 4 is 17.6 Å². The van der Waals surface area contributed by atoms with E-state index in [1.165, 1.54) is 23.0 Å². The molecule has 0 aliphatic carbocycles. The Kier molecular flexibility index (Phi) is 3.85. The molecular weight excluding hydrogens is 271 g/mol. The number of aromatic nitrogens is 2. The van der Waals surface area contributed by atoms with Gasteiger partial charge in [0.05, 0.1) is 23.0 Å². The minimum absolute atomic E-state index is 0.0151. The third kappa shape index (κ3) is 2.46. The molecule has 0 saturated carbocycles. The van der Waals surface area contributed by atoms with Crippen LogP contribution in [0.1, 0.15) is 23.1 Å². The third-order valence-electron chi connectivity index (χ3n) is 2.61. The Balaban J connectivity index is 2.57. The maximum Gasteiger partial charge on any atom is 0.357 e. The van der Waals surface area contributed by atoms with Crippen LogP contribution < -0.4 is 0 Å². The molecule has 1 heterocycles. The van der Waals surface area contributed by atoms with Gasteiger partial charge >= 0.3 is 5.97 Å². The number of halogens is 2. The van der Waals surface area contributed by atoms with Crippen molar-refractivity contribution in [3.8, 4) is 5.69 Å². The standard InChI is InChI=1S/C13H12ClFN2O2/c1-3-19-13(18)12-8(2)16-7-17(12)10-6-4-5-9(14)11(10)15/h4-7H,3H2,1-2H3. The molecule has 4 nitrogen and oxygen atoms in total. The van der Waals surface area contributed by atoms with E-state index in [9.17, 15) is 9.18 Å². The molecule has 1 aromatic heterocycles. The SMILES string of the molecule is CCOC(=O)c1c(C)ncn1-c1cccc(Cl)c1F. The first-order valence-electron chi connectivity index (χ1n) is 5.71. The average Bonchev–Trinajstić information content (AvgIpc) is 2.75. The molecule has 0 radical (unpaired) electrons. The Labute approximate surface area is 114 Å². The molecule has 0 bridgehead atoms. The maximum absolute atomic E-state index is 14.0.